The molecule has 37 heavy (non-hydrogen) atoms. The van der Waals surface area contributed by atoms with Crippen LogP contribution in [-0.4, -0.2) is 46.9 Å². The molecule has 196 valence electrons. The van der Waals surface area contributed by atoms with Gasteiger partial charge in [-0.2, -0.15) is 5.26 Å². The standard InChI is InChI=1S/C30H37N3O4/c1-29(2,3)37-25(34)19-21-15-17-33(18-16-21)28(36)26(23-9-7-6-8-10-23)30(4,5)32-27(35)24-13-11-22(20-31)12-14-24/h6-14,21,26H,15-19H2,1-5H3,(H,32,35). The molecule has 1 aliphatic heterocycles. The normalized spacial score (nSPS) is 15.4. The molecule has 0 aromatic heterocycles. The fourth-order valence-corrected chi connectivity index (χ4v) is 4.81. The molecule has 1 unspecified atom stereocenters. The average molecular weight is 504 g/mol. The molecule has 3 rings (SSSR count). The lowest BCUT2D eigenvalue weighted by molar-refractivity contribution is -0.156. The van der Waals surface area contributed by atoms with E-state index in [1.54, 1.807) is 24.3 Å². The van der Waals surface area contributed by atoms with Gasteiger partial charge in [0.25, 0.3) is 5.91 Å². The maximum atomic E-state index is 13.9. The second-order valence-corrected chi connectivity index (χ2v) is 11.3. The number of esters is 1. The van der Waals surface area contributed by atoms with Gasteiger partial charge in [-0.25, -0.2) is 0 Å². The summed E-state index contributed by atoms with van der Waals surface area (Å²) < 4.78 is 5.47. The van der Waals surface area contributed by atoms with Gasteiger partial charge in [0.15, 0.2) is 0 Å². The van der Waals surface area contributed by atoms with Crippen molar-refractivity contribution < 1.29 is 19.1 Å². The molecule has 1 saturated heterocycles. The van der Waals surface area contributed by atoms with Crippen molar-refractivity contribution in [1.29, 1.82) is 5.26 Å². The summed E-state index contributed by atoms with van der Waals surface area (Å²) in [5, 5.41) is 12.1. The number of carbonyl (C=O) groups is 3. The van der Waals surface area contributed by atoms with E-state index in [1.807, 2.05) is 75.9 Å². The molecular formula is C30H37N3O4. The Labute approximate surface area is 219 Å². The van der Waals surface area contributed by atoms with Crippen LogP contribution in [0.4, 0.5) is 0 Å². The Morgan fingerprint density at radius 2 is 1.59 bits per heavy atom. The molecule has 7 nitrogen and oxygen atoms in total. The Morgan fingerprint density at radius 3 is 2.14 bits per heavy atom. The van der Waals surface area contributed by atoms with Crippen LogP contribution in [-0.2, 0) is 14.3 Å². The summed E-state index contributed by atoms with van der Waals surface area (Å²) in [5.74, 6) is -0.978. The molecule has 2 aromatic rings. The van der Waals surface area contributed by atoms with E-state index in [-0.39, 0.29) is 23.7 Å². The fourth-order valence-electron chi connectivity index (χ4n) is 4.81. The number of hydrogen-bond acceptors (Lipinski definition) is 5. The van der Waals surface area contributed by atoms with E-state index in [4.69, 9.17) is 10.00 Å². The number of rotatable bonds is 7. The van der Waals surface area contributed by atoms with Crippen molar-refractivity contribution in [3.63, 3.8) is 0 Å². The lowest BCUT2D eigenvalue weighted by atomic mass is 9.79. The minimum absolute atomic E-state index is 0.0490. The number of nitrogens with zero attached hydrogens (tertiary/aromatic N) is 2. The van der Waals surface area contributed by atoms with Gasteiger partial charge in [-0.15, -0.1) is 0 Å². The van der Waals surface area contributed by atoms with Crippen molar-refractivity contribution in [3.8, 4) is 6.07 Å². The first kappa shape index (κ1) is 27.9. The highest BCUT2D eigenvalue weighted by molar-refractivity contribution is 5.96. The average Bonchev–Trinajstić information content (AvgIpc) is 2.83. The molecule has 0 saturated carbocycles. The maximum absolute atomic E-state index is 13.9. The van der Waals surface area contributed by atoms with Crippen molar-refractivity contribution in [1.82, 2.24) is 10.2 Å². The first-order valence-electron chi connectivity index (χ1n) is 12.8. The Hall–Kier alpha value is -3.66. The summed E-state index contributed by atoms with van der Waals surface area (Å²) in [6.07, 6.45) is 1.81. The van der Waals surface area contributed by atoms with Crippen LogP contribution in [0.15, 0.2) is 54.6 Å². The van der Waals surface area contributed by atoms with Crippen LogP contribution in [0.5, 0.6) is 0 Å². The third-order valence-electron chi connectivity index (χ3n) is 6.61. The summed E-state index contributed by atoms with van der Waals surface area (Å²) in [6.45, 7) is 10.4. The number of likely N-dealkylation sites (tertiary alicyclic amines) is 1. The van der Waals surface area contributed by atoms with E-state index in [2.05, 4.69) is 5.32 Å². The zero-order valence-electron chi connectivity index (χ0n) is 22.4. The van der Waals surface area contributed by atoms with Crippen LogP contribution in [0.25, 0.3) is 0 Å². The molecule has 0 spiro atoms. The highest BCUT2D eigenvalue weighted by Gasteiger charge is 2.41. The molecule has 0 aliphatic carbocycles. The molecule has 2 amide bonds. The Balaban J connectivity index is 1.73. The molecule has 7 heteroatoms. The van der Waals surface area contributed by atoms with Crippen LogP contribution in [0.1, 0.15) is 81.3 Å². The maximum Gasteiger partial charge on any atom is 0.306 e. The van der Waals surface area contributed by atoms with Crippen molar-refractivity contribution >= 4 is 17.8 Å². The van der Waals surface area contributed by atoms with Gasteiger partial charge in [0.05, 0.1) is 23.1 Å². The van der Waals surface area contributed by atoms with Crippen molar-refractivity contribution in [2.45, 2.75) is 70.9 Å². The predicted octanol–water partition coefficient (Wildman–Crippen LogP) is 4.82. The molecular weight excluding hydrogens is 466 g/mol. The summed E-state index contributed by atoms with van der Waals surface area (Å²) in [4.78, 5) is 41.1. The molecule has 1 heterocycles. The topological polar surface area (TPSA) is 99.5 Å². The third-order valence-corrected chi connectivity index (χ3v) is 6.61. The Kier molecular flexibility index (Phi) is 8.75. The fraction of sp³-hybridized carbons (Fsp3) is 0.467. The van der Waals surface area contributed by atoms with Gasteiger partial charge in [-0.3, -0.25) is 14.4 Å². The first-order chi connectivity index (χ1) is 17.4. The smallest absolute Gasteiger partial charge is 0.306 e. The number of amides is 2. The van der Waals surface area contributed by atoms with Gasteiger partial charge in [-0.1, -0.05) is 30.3 Å². The number of ether oxygens (including phenoxy) is 1. The van der Waals surface area contributed by atoms with E-state index in [9.17, 15) is 14.4 Å². The summed E-state index contributed by atoms with van der Waals surface area (Å²) in [6, 6.07) is 18.0. The van der Waals surface area contributed by atoms with Crippen molar-refractivity contribution in [3.05, 3.63) is 71.3 Å². The van der Waals surface area contributed by atoms with E-state index in [0.717, 1.165) is 18.4 Å². The summed E-state index contributed by atoms with van der Waals surface area (Å²) >= 11 is 0. The molecule has 2 aromatic carbocycles. The number of carbonyl (C=O) groups excluding carboxylic acids is 3. The lowest BCUT2D eigenvalue weighted by Gasteiger charge is -2.40. The van der Waals surface area contributed by atoms with Crippen molar-refractivity contribution in [2.75, 3.05) is 13.1 Å². The number of benzene rings is 2. The van der Waals surface area contributed by atoms with Crippen LogP contribution >= 0.6 is 0 Å². The SMILES string of the molecule is CC(C)(C)OC(=O)CC1CCN(C(=O)C(c2ccccc2)C(C)(C)NC(=O)c2ccc(C#N)cc2)CC1. The van der Waals surface area contributed by atoms with Gasteiger partial charge in [-0.05, 0) is 83.2 Å². The third kappa shape index (κ3) is 7.66. The van der Waals surface area contributed by atoms with Crippen LogP contribution in [0.3, 0.4) is 0 Å². The first-order valence-corrected chi connectivity index (χ1v) is 12.8. The Morgan fingerprint density at radius 1 is 1.00 bits per heavy atom. The molecule has 0 bridgehead atoms. The second kappa shape index (κ2) is 11.6. The minimum atomic E-state index is -0.892. The monoisotopic (exact) mass is 503 g/mol. The van der Waals surface area contributed by atoms with E-state index in [1.165, 1.54) is 0 Å². The highest BCUT2D eigenvalue weighted by Crippen LogP contribution is 2.33. The van der Waals surface area contributed by atoms with E-state index >= 15 is 0 Å². The van der Waals surface area contributed by atoms with Gasteiger partial charge >= 0.3 is 5.97 Å². The zero-order valence-corrected chi connectivity index (χ0v) is 22.4. The van der Waals surface area contributed by atoms with Gasteiger partial charge in [0, 0.05) is 25.1 Å². The van der Waals surface area contributed by atoms with Crippen LogP contribution in [0.2, 0.25) is 0 Å². The quantitative estimate of drug-likeness (QED) is 0.546. The molecule has 1 fully saturated rings. The van der Waals surface area contributed by atoms with Gasteiger partial charge < -0.3 is 15.0 Å². The van der Waals surface area contributed by atoms with Crippen LogP contribution in [0, 0.1) is 17.2 Å². The zero-order chi connectivity index (χ0) is 27.2. The van der Waals surface area contributed by atoms with Gasteiger partial charge in [0.2, 0.25) is 5.91 Å². The van der Waals surface area contributed by atoms with Crippen molar-refractivity contribution in [2.24, 2.45) is 5.92 Å². The predicted molar refractivity (Wildman–Crippen MR) is 142 cm³/mol. The summed E-state index contributed by atoms with van der Waals surface area (Å²) in [5.41, 5.74) is 0.326. The second-order valence-electron chi connectivity index (χ2n) is 11.3. The number of nitrogens with one attached hydrogen (secondary N) is 1. The van der Waals surface area contributed by atoms with Crippen LogP contribution < -0.4 is 5.32 Å². The molecule has 1 aliphatic rings. The minimum Gasteiger partial charge on any atom is -0.460 e. The molecule has 1 N–H and O–H groups in total. The van der Waals surface area contributed by atoms with Gasteiger partial charge in [0.1, 0.15) is 5.60 Å². The number of nitriles is 1. The number of hydrogen-bond donors (Lipinski definition) is 1. The van der Waals surface area contributed by atoms with E-state index in [0.29, 0.717) is 30.6 Å². The molecule has 1 atom stereocenters. The molecule has 0 radical (unpaired) electrons. The largest absolute Gasteiger partial charge is 0.460 e. The highest BCUT2D eigenvalue weighted by atomic mass is 16.6. The van der Waals surface area contributed by atoms with E-state index < -0.39 is 17.1 Å². The lowest BCUT2D eigenvalue weighted by Crippen LogP contribution is -2.54. The Bertz CT molecular complexity index is 1140. The summed E-state index contributed by atoms with van der Waals surface area (Å²) in [7, 11) is 0. The number of piperidine rings is 1.